The molecule has 31 heavy (non-hydrogen) atoms. The summed E-state index contributed by atoms with van der Waals surface area (Å²) in [5.41, 5.74) is 1.92. The van der Waals surface area contributed by atoms with Crippen LogP contribution in [0.3, 0.4) is 0 Å². The highest BCUT2D eigenvalue weighted by Gasteiger charge is 2.35. The van der Waals surface area contributed by atoms with Gasteiger partial charge in [0.25, 0.3) is 10.0 Å². The average Bonchev–Trinajstić information content (AvgIpc) is 3.41. The van der Waals surface area contributed by atoms with Crippen LogP contribution in [0.25, 0.3) is 0 Å². The van der Waals surface area contributed by atoms with Crippen LogP contribution < -0.4 is 10.2 Å². The lowest BCUT2D eigenvalue weighted by atomic mass is 10.1. The van der Waals surface area contributed by atoms with Gasteiger partial charge in [-0.05, 0) is 44.0 Å². The Morgan fingerprint density at radius 2 is 1.81 bits per heavy atom. The topological polar surface area (TPSA) is 86.8 Å². The maximum atomic E-state index is 12.8. The van der Waals surface area contributed by atoms with Crippen molar-refractivity contribution in [2.45, 2.75) is 43.4 Å². The number of nitrogens with one attached hydrogen (secondary N) is 1. The van der Waals surface area contributed by atoms with Gasteiger partial charge < -0.3 is 10.2 Å². The number of nitrogens with zero attached hydrogens (tertiary/aromatic N) is 2. The molecule has 1 N–H and O–H groups in total. The van der Waals surface area contributed by atoms with Gasteiger partial charge in [-0.3, -0.25) is 9.59 Å². The molecular formula is C22H27N3O4S2. The number of hydrogen-bond acceptors (Lipinski definition) is 5. The van der Waals surface area contributed by atoms with E-state index in [1.165, 1.54) is 11.3 Å². The predicted octanol–water partition coefficient (Wildman–Crippen LogP) is 2.90. The Balaban J connectivity index is 1.34. The molecule has 0 bridgehead atoms. The number of carbonyl (C=O) groups excluding carboxylic acids is 2. The van der Waals surface area contributed by atoms with Crippen LogP contribution in [0.5, 0.6) is 0 Å². The van der Waals surface area contributed by atoms with E-state index in [1.807, 2.05) is 31.2 Å². The lowest BCUT2D eigenvalue weighted by Gasteiger charge is -2.25. The molecule has 2 aliphatic rings. The Hall–Kier alpha value is -2.23. The van der Waals surface area contributed by atoms with Gasteiger partial charge in [0.05, 0.1) is 12.5 Å². The minimum atomic E-state index is -3.46. The summed E-state index contributed by atoms with van der Waals surface area (Å²) in [7, 11) is -3.46. The Labute approximate surface area is 187 Å². The first-order valence-corrected chi connectivity index (χ1v) is 12.8. The number of carbonyl (C=O) groups is 2. The summed E-state index contributed by atoms with van der Waals surface area (Å²) in [4.78, 5) is 27.5. The second kappa shape index (κ2) is 9.10. The van der Waals surface area contributed by atoms with Crippen LogP contribution in [0.1, 0.15) is 36.1 Å². The van der Waals surface area contributed by atoms with Crippen LogP contribution in [0, 0.1) is 12.8 Å². The van der Waals surface area contributed by atoms with Crippen LogP contribution >= 0.6 is 11.3 Å². The molecule has 0 unspecified atom stereocenters. The minimum Gasteiger partial charge on any atom is -0.351 e. The number of piperidine rings is 1. The molecule has 2 saturated heterocycles. The first kappa shape index (κ1) is 22.0. The van der Waals surface area contributed by atoms with Crippen molar-refractivity contribution in [3.8, 4) is 0 Å². The molecule has 2 fully saturated rings. The molecular weight excluding hydrogens is 434 g/mol. The maximum absolute atomic E-state index is 12.8. The zero-order valence-electron chi connectivity index (χ0n) is 17.5. The second-order valence-electron chi connectivity index (χ2n) is 8.14. The third-order valence-corrected chi connectivity index (χ3v) is 9.28. The standard InChI is InChI=1S/C22H27N3O4S2/c1-16-5-7-18(8-6-16)25-15-17(13-20(25)26)22(27)23-14-19-9-10-21(30-19)31(28,29)24-11-3-2-4-12-24/h5-10,17H,2-4,11-15H2,1H3,(H,23,27)/t17-/m0/s1. The summed E-state index contributed by atoms with van der Waals surface area (Å²) in [6, 6.07) is 11.0. The first-order valence-electron chi connectivity index (χ1n) is 10.6. The normalized spacial score (nSPS) is 20.2. The third-order valence-electron chi connectivity index (χ3n) is 5.82. The molecule has 2 aliphatic heterocycles. The zero-order chi connectivity index (χ0) is 22.0. The number of benzene rings is 1. The molecule has 1 aromatic carbocycles. The van der Waals surface area contributed by atoms with E-state index in [-0.39, 0.29) is 24.8 Å². The van der Waals surface area contributed by atoms with Gasteiger partial charge in [-0.2, -0.15) is 4.31 Å². The summed E-state index contributed by atoms with van der Waals surface area (Å²) >= 11 is 1.20. The number of rotatable bonds is 6. The van der Waals surface area contributed by atoms with Gasteiger partial charge in [-0.1, -0.05) is 24.1 Å². The number of sulfonamides is 1. The van der Waals surface area contributed by atoms with Gasteiger partial charge in [0.1, 0.15) is 4.21 Å². The molecule has 7 nitrogen and oxygen atoms in total. The molecule has 166 valence electrons. The Bertz CT molecular complexity index is 1060. The smallest absolute Gasteiger partial charge is 0.252 e. The van der Waals surface area contributed by atoms with Gasteiger partial charge in [-0.15, -0.1) is 11.3 Å². The molecule has 1 aromatic heterocycles. The third kappa shape index (κ3) is 4.83. The monoisotopic (exact) mass is 461 g/mol. The van der Waals surface area contributed by atoms with E-state index in [9.17, 15) is 18.0 Å². The lowest BCUT2D eigenvalue weighted by Crippen LogP contribution is -2.35. The van der Waals surface area contributed by atoms with Gasteiger partial charge in [0, 0.05) is 36.6 Å². The van der Waals surface area contributed by atoms with Crippen molar-refractivity contribution in [1.82, 2.24) is 9.62 Å². The molecule has 9 heteroatoms. The van der Waals surface area contributed by atoms with E-state index in [2.05, 4.69) is 5.32 Å². The highest BCUT2D eigenvalue weighted by Crippen LogP contribution is 2.28. The first-order chi connectivity index (χ1) is 14.8. The number of aryl methyl sites for hydroxylation is 1. The van der Waals surface area contributed by atoms with E-state index in [0.717, 1.165) is 35.4 Å². The molecule has 0 aliphatic carbocycles. The quantitative estimate of drug-likeness (QED) is 0.717. The van der Waals surface area contributed by atoms with Crippen LogP contribution in [0.2, 0.25) is 0 Å². The fourth-order valence-corrected chi connectivity index (χ4v) is 6.97. The molecule has 3 heterocycles. The highest BCUT2D eigenvalue weighted by molar-refractivity contribution is 7.91. The summed E-state index contributed by atoms with van der Waals surface area (Å²) < 4.78 is 27.4. The van der Waals surface area contributed by atoms with E-state index >= 15 is 0 Å². The summed E-state index contributed by atoms with van der Waals surface area (Å²) in [6.07, 6.45) is 3.04. The molecule has 0 saturated carbocycles. The maximum Gasteiger partial charge on any atom is 0.252 e. The van der Waals surface area contributed by atoms with Gasteiger partial charge in [0.2, 0.25) is 11.8 Å². The Morgan fingerprint density at radius 3 is 2.52 bits per heavy atom. The molecule has 0 spiro atoms. The van der Waals surface area contributed by atoms with Crippen LogP contribution in [-0.4, -0.2) is 44.2 Å². The van der Waals surface area contributed by atoms with Crippen molar-refractivity contribution in [3.05, 3.63) is 46.8 Å². The van der Waals surface area contributed by atoms with Crippen molar-refractivity contribution in [2.75, 3.05) is 24.5 Å². The largest absolute Gasteiger partial charge is 0.351 e. The highest BCUT2D eigenvalue weighted by atomic mass is 32.2. The van der Waals surface area contributed by atoms with Crippen molar-refractivity contribution >= 4 is 38.9 Å². The van der Waals surface area contributed by atoms with Crippen LogP contribution in [0.15, 0.2) is 40.6 Å². The number of hydrogen-bond donors (Lipinski definition) is 1. The molecule has 1 atom stereocenters. The van der Waals surface area contributed by atoms with Crippen molar-refractivity contribution in [1.29, 1.82) is 0 Å². The Kier molecular flexibility index (Phi) is 6.45. The van der Waals surface area contributed by atoms with E-state index < -0.39 is 15.9 Å². The van der Waals surface area contributed by atoms with E-state index in [0.29, 0.717) is 23.8 Å². The molecule has 4 rings (SSSR count). The van der Waals surface area contributed by atoms with Crippen LogP contribution in [0.4, 0.5) is 5.69 Å². The fraction of sp³-hybridized carbons (Fsp3) is 0.455. The fourth-order valence-electron chi connectivity index (χ4n) is 4.00. The van der Waals surface area contributed by atoms with Crippen molar-refractivity contribution in [2.24, 2.45) is 5.92 Å². The van der Waals surface area contributed by atoms with Crippen molar-refractivity contribution < 1.29 is 18.0 Å². The van der Waals surface area contributed by atoms with Crippen LogP contribution in [-0.2, 0) is 26.2 Å². The number of anilines is 1. The average molecular weight is 462 g/mol. The lowest BCUT2D eigenvalue weighted by molar-refractivity contribution is -0.126. The molecule has 0 radical (unpaired) electrons. The van der Waals surface area contributed by atoms with Gasteiger partial charge in [-0.25, -0.2) is 8.42 Å². The predicted molar refractivity (Wildman–Crippen MR) is 120 cm³/mol. The summed E-state index contributed by atoms with van der Waals surface area (Å²) in [6.45, 7) is 3.74. The minimum absolute atomic E-state index is 0.0602. The number of thiophene rings is 1. The molecule has 2 aromatic rings. The summed E-state index contributed by atoms with van der Waals surface area (Å²) in [5, 5.41) is 2.87. The number of amides is 2. The second-order valence-corrected chi connectivity index (χ2v) is 11.5. The van der Waals surface area contributed by atoms with Gasteiger partial charge >= 0.3 is 0 Å². The van der Waals surface area contributed by atoms with Crippen molar-refractivity contribution in [3.63, 3.8) is 0 Å². The van der Waals surface area contributed by atoms with E-state index in [1.54, 1.807) is 21.3 Å². The molecule has 2 amide bonds. The zero-order valence-corrected chi connectivity index (χ0v) is 19.2. The van der Waals surface area contributed by atoms with Gasteiger partial charge in [0.15, 0.2) is 0 Å². The summed E-state index contributed by atoms with van der Waals surface area (Å²) in [5.74, 6) is -0.655. The SMILES string of the molecule is Cc1ccc(N2C[C@@H](C(=O)NCc3ccc(S(=O)(=O)N4CCCCC4)s3)CC2=O)cc1. The van der Waals surface area contributed by atoms with E-state index in [4.69, 9.17) is 0 Å². The Morgan fingerprint density at radius 1 is 1.10 bits per heavy atom.